The highest BCUT2D eigenvalue weighted by molar-refractivity contribution is 7.53. The van der Waals surface area contributed by atoms with Crippen LogP contribution in [0.5, 0.6) is 0 Å². The van der Waals surface area contributed by atoms with Gasteiger partial charge in [-0.2, -0.15) is 0 Å². The smallest absolute Gasteiger partial charge is 0.308 e. The summed E-state index contributed by atoms with van der Waals surface area (Å²) in [6.45, 7) is 5.92. The van der Waals surface area contributed by atoms with E-state index < -0.39 is 15.6 Å². The zero-order valence-corrected chi connectivity index (χ0v) is 11.1. The van der Waals surface area contributed by atoms with Crippen molar-refractivity contribution in [3.05, 3.63) is 0 Å². The third kappa shape index (κ3) is 3.93. The first kappa shape index (κ1) is 13.3. The molecule has 0 saturated carbocycles. The van der Waals surface area contributed by atoms with Gasteiger partial charge in [-0.05, 0) is 11.0 Å². The van der Waals surface area contributed by atoms with Crippen molar-refractivity contribution in [2.24, 2.45) is 5.41 Å². The van der Waals surface area contributed by atoms with E-state index in [1.165, 1.54) is 13.3 Å². The monoisotopic (exact) mass is 255 g/mol. The van der Waals surface area contributed by atoms with Crippen LogP contribution in [0, 0.1) is 5.41 Å². The molecule has 0 amide bonds. The van der Waals surface area contributed by atoms with Crippen LogP contribution in [0.3, 0.4) is 0 Å². The standard InChI is InChI=1S/C8H17O5P2/c1-4-8(5-11-14(2)9)6-12-15(3,10)13-7-8/h4-7H2,1-3H3/q+1. The summed E-state index contributed by atoms with van der Waals surface area (Å²) in [5.41, 5.74) is -0.315. The molecule has 1 atom stereocenters. The van der Waals surface area contributed by atoms with Gasteiger partial charge in [-0.25, -0.2) is 0 Å². The van der Waals surface area contributed by atoms with Crippen molar-refractivity contribution in [3.63, 3.8) is 0 Å². The maximum Gasteiger partial charge on any atom is 0.504 e. The summed E-state index contributed by atoms with van der Waals surface area (Å²) < 4.78 is 37.7. The van der Waals surface area contributed by atoms with Crippen LogP contribution in [-0.4, -0.2) is 33.2 Å². The average Bonchev–Trinajstić information content (AvgIpc) is 2.17. The molecule has 1 unspecified atom stereocenters. The van der Waals surface area contributed by atoms with Crippen LogP contribution in [-0.2, 0) is 22.7 Å². The van der Waals surface area contributed by atoms with Gasteiger partial charge < -0.3 is 9.05 Å². The summed E-state index contributed by atoms with van der Waals surface area (Å²) in [7, 11) is -4.47. The molecule has 1 heterocycles. The molecule has 0 aromatic rings. The first-order valence-corrected chi connectivity index (χ1v) is 8.41. The lowest BCUT2D eigenvalue weighted by molar-refractivity contribution is -0.0123. The van der Waals surface area contributed by atoms with Crippen LogP contribution < -0.4 is 0 Å². The fourth-order valence-corrected chi connectivity index (χ4v) is 2.75. The SMILES string of the molecule is CCC1(CO[P+](C)=O)COP(C)(=O)OC1. The van der Waals surface area contributed by atoms with E-state index in [2.05, 4.69) is 0 Å². The molecular formula is C8H17O5P2+. The van der Waals surface area contributed by atoms with Crippen molar-refractivity contribution >= 4 is 15.6 Å². The first-order valence-electron chi connectivity index (χ1n) is 4.79. The van der Waals surface area contributed by atoms with Gasteiger partial charge in [0.25, 0.3) is 0 Å². The molecule has 0 aromatic heterocycles. The Labute approximate surface area is 90.9 Å². The van der Waals surface area contributed by atoms with E-state index in [1.54, 1.807) is 0 Å². The lowest BCUT2D eigenvalue weighted by Crippen LogP contribution is -2.38. The molecule has 7 heteroatoms. The van der Waals surface area contributed by atoms with Crippen molar-refractivity contribution in [2.45, 2.75) is 13.3 Å². The largest absolute Gasteiger partial charge is 0.504 e. The van der Waals surface area contributed by atoms with Crippen molar-refractivity contribution in [1.29, 1.82) is 0 Å². The molecule has 1 rings (SSSR count). The molecule has 0 aliphatic carbocycles. The van der Waals surface area contributed by atoms with Gasteiger partial charge in [-0.3, -0.25) is 4.57 Å². The first-order chi connectivity index (χ1) is 6.89. The van der Waals surface area contributed by atoms with Gasteiger partial charge in [0.2, 0.25) is 0 Å². The molecule has 0 radical (unpaired) electrons. The normalized spacial score (nSPS) is 37.7. The molecule has 0 N–H and O–H groups in total. The Morgan fingerprint density at radius 1 is 1.47 bits per heavy atom. The molecule has 88 valence electrons. The maximum atomic E-state index is 11.4. The Morgan fingerprint density at radius 2 is 2.00 bits per heavy atom. The fraction of sp³-hybridized carbons (Fsp3) is 1.00. The molecule has 0 bridgehead atoms. The Morgan fingerprint density at radius 3 is 2.40 bits per heavy atom. The summed E-state index contributed by atoms with van der Waals surface area (Å²) >= 11 is 0. The summed E-state index contributed by atoms with van der Waals surface area (Å²) in [5.74, 6) is 0. The van der Waals surface area contributed by atoms with Gasteiger partial charge in [0.05, 0.1) is 13.2 Å². The van der Waals surface area contributed by atoms with Crippen LogP contribution in [0.4, 0.5) is 0 Å². The Hall–Kier alpha value is 0.210. The third-order valence-electron chi connectivity index (χ3n) is 2.51. The van der Waals surface area contributed by atoms with Crippen molar-refractivity contribution in [1.82, 2.24) is 0 Å². The van der Waals surface area contributed by atoms with Gasteiger partial charge in [0, 0.05) is 12.1 Å². The molecule has 1 aliphatic heterocycles. The van der Waals surface area contributed by atoms with Crippen LogP contribution in [0.1, 0.15) is 13.3 Å². The van der Waals surface area contributed by atoms with Gasteiger partial charge >= 0.3 is 15.6 Å². The minimum absolute atomic E-state index is 0.315. The minimum Gasteiger partial charge on any atom is -0.308 e. The van der Waals surface area contributed by atoms with Crippen LogP contribution >= 0.6 is 15.6 Å². The molecule has 5 nitrogen and oxygen atoms in total. The van der Waals surface area contributed by atoms with Gasteiger partial charge in [-0.15, -0.1) is 4.52 Å². The summed E-state index contributed by atoms with van der Waals surface area (Å²) in [6.07, 6.45) is 0.774. The lowest BCUT2D eigenvalue weighted by atomic mass is 9.88. The third-order valence-corrected chi connectivity index (χ3v) is 4.20. The highest BCUT2D eigenvalue weighted by Gasteiger charge is 2.40. The van der Waals surface area contributed by atoms with E-state index in [4.69, 9.17) is 13.6 Å². The molecule has 1 saturated heterocycles. The van der Waals surface area contributed by atoms with Crippen LogP contribution in [0.25, 0.3) is 0 Å². The molecule has 0 spiro atoms. The second kappa shape index (κ2) is 5.03. The minimum atomic E-state index is -2.86. The van der Waals surface area contributed by atoms with E-state index in [0.29, 0.717) is 19.8 Å². The van der Waals surface area contributed by atoms with Crippen LogP contribution in [0.15, 0.2) is 0 Å². The predicted molar refractivity (Wildman–Crippen MR) is 57.6 cm³/mol. The second-order valence-corrected chi connectivity index (χ2v) is 7.08. The number of hydrogen-bond donors (Lipinski definition) is 0. The molecule has 1 aliphatic rings. The van der Waals surface area contributed by atoms with Crippen molar-refractivity contribution in [2.75, 3.05) is 33.2 Å². The number of rotatable bonds is 4. The number of hydrogen-bond acceptors (Lipinski definition) is 5. The lowest BCUT2D eigenvalue weighted by Gasteiger charge is -2.36. The quantitative estimate of drug-likeness (QED) is 0.722. The summed E-state index contributed by atoms with van der Waals surface area (Å²) in [5, 5.41) is 0. The highest BCUT2D eigenvalue weighted by atomic mass is 31.2. The second-order valence-electron chi connectivity index (χ2n) is 3.88. The fourth-order valence-electron chi connectivity index (χ4n) is 1.20. The zero-order chi connectivity index (χ0) is 11.5. The van der Waals surface area contributed by atoms with Crippen molar-refractivity contribution < 1.29 is 22.7 Å². The summed E-state index contributed by atoms with van der Waals surface area (Å²) in [4.78, 5) is 0. The van der Waals surface area contributed by atoms with Crippen LogP contribution in [0.2, 0.25) is 0 Å². The molecular weight excluding hydrogens is 238 g/mol. The predicted octanol–water partition coefficient (Wildman–Crippen LogP) is 2.64. The Bertz CT molecular complexity index is 273. The maximum absolute atomic E-state index is 11.4. The van der Waals surface area contributed by atoms with Gasteiger partial charge in [0.1, 0.15) is 6.61 Å². The summed E-state index contributed by atoms with van der Waals surface area (Å²) in [6, 6.07) is 0. The Balaban J connectivity index is 2.56. The van der Waals surface area contributed by atoms with E-state index in [-0.39, 0.29) is 5.41 Å². The topological polar surface area (TPSA) is 61.8 Å². The molecule has 15 heavy (non-hydrogen) atoms. The van der Waals surface area contributed by atoms with Crippen molar-refractivity contribution in [3.8, 4) is 0 Å². The van der Waals surface area contributed by atoms with E-state index in [1.807, 2.05) is 6.92 Å². The Kier molecular flexibility index (Phi) is 4.45. The van der Waals surface area contributed by atoms with Gasteiger partial charge in [0.15, 0.2) is 6.66 Å². The average molecular weight is 255 g/mol. The highest BCUT2D eigenvalue weighted by Crippen LogP contribution is 2.51. The molecule has 1 fully saturated rings. The van der Waals surface area contributed by atoms with E-state index in [0.717, 1.165) is 6.42 Å². The zero-order valence-electron chi connectivity index (χ0n) is 9.26. The molecule has 0 aromatic carbocycles. The van der Waals surface area contributed by atoms with E-state index in [9.17, 15) is 9.13 Å². The van der Waals surface area contributed by atoms with E-state index >= 15 is 0 Å². The van der Waals surface area contributed by atoms with Gasteiger partial charge in [-0.1, -0.05) is 6.92 Å².